The average Bonchev–Trinajstić information content (AvgIpc) is 2.44. The Morgan fingerprint density at radius 3 is 1.77 bits per heavy atom. The minimum atomic E-state index is -4.36. The summed E-state index contributed by atoms with van der Waals surface area (Å²) in [6.45, 7) is 6.32. The molecule has 0 aliphatic rings. The topological polar surface area (TPSA) is 72.9 Å². The summed E-state index contributed by atoms with van der Waals surface area (Å²) in [5, 5.41) is 0. The van der Waals surface area contributed by atoms with Crippen LogP contribution in [-0.2, 0) is 23.6 Å². The van der Waals surface area contributed by atoms with Crippen LogP contribution in [0.1, 0.15) is 27.7 Å². The standard InChI is InChI=1S/C14H20Cl4NO5PS/c1-10(2)23-25(20,24-11(3)4)13(14(15,16)17)19(18)26(21,22)12-8-6-5-7-9-12/h5-11,13H,1-4H3. The van der Waals surface area contributed by atoms with E-state index in [1.165, 1.54) is 24.3 Å². The maximum absolute atomic E-state index is 13.4. The fourth-order valence-corrected chi connectivity index (χ4v) is 8.23. The van der Waals surface area contributed by atoms with E-state index in [1.54, 1.807) is 33.8 Å². The Kier molecular flexibility index (Phi) is 8.75. The minimum Gasteiger partial charge on any atom is -0.305 e. The molecular weight excluding hydrogens is 467 g/mol. The third-order valence-corrected chi connectivity index (χ3v) is 9.07. The number of rotatable bonds is 8. The van der Waals surface area contributed by atoms with Crippen LogP contribution < -0.4 is 0 Å². The zero-order chi connectivity index (χ0) is 20.3. The van der Waals surface area contributed by atoms with Crippen LogP contribution in [0.2, 0.25) is 0 Å². The number of hydrogen-bond donors (Lipinski definition) is 0. The lowest BCUT2D eigenvalue weighted by atomic mass is 10.4. The highest BCUT2D eigenvalue weighted by atomic mass is 35.6. The third kappa shape index (κ3) is 6.23. The molecule has 1 aromatic rings. The molecule has 1 rings (SSSR count). The van der Waals surface area contributed by atoms with E-state index in [0.29, 0.717) is 0 Å². The molecule has 0 saturated carbocycles. The second kappa shape index (κ2) is 9.29. The SMILES string of the molecule is CC(C)OP(=O)(OC(C)C)C(N(Cl)S(=O)(=O)c1ccccc1)C(Cl)(Cl)Cl. The van der Waals surface area contributed by atoms with Crippen LogP contribution in [0.25, 0.3) is 0 Å². The normalized spacial score (nSPS) is 15.0. The molecule has 0 aliphatic heterocycles. The molecule has 0 fully saturated rings. The summed E-state index contributed by atoms with van der Waals surface area (Å²) in [6, 6.07) is 7.22. The summed E-state index contributed by atoms with van der Waals surface area (Å²) >= 11 is 23.9. The molecule has 1 aromatic carbocycles. The highest BCUT2D eigenvalue weighted by Gasteiger charge is 2.56. The molecule has 0 amide bonds. The van der Waals surface area contributed by atoms with Crippen molar-refractivity contribution in [2.24, 2.45) is 0 Å². The van der Waals surface area contributed by atoms with Gasteiger partial charge in [0.05, 0.1) is 17.1 Å². The molecule has 12 heteroatoms. The molecule has 1 unspecified atom stereocenters. The second-order valence-corrected chi connectivity index (χ2v) is 12.6. The first-order valence-electron chi connectivity index (χ1n) is 7.50. The van der Waals surface area contributed by atoms with Gasteiger partial charge in [0, 0.05) is 0 Å². The molecule has 0 radical (unpaired) electrons. The average molecular weight is 487 g/mol. The summed E-state index contributed by atoms with van der Waals surface area (Å²) in [7, 11) is -8.68. The van der Waals surface area contributed by atoms with Gasteiger partial charge in [-0.1, -0.05) is 56.8 Å². The predicted molar refractivity (Wildman–Crippen MR) is 105 cm³/mol. The van der Waals surface area contributed by atoms with Gasteiger partial charge in [0.2, 0.25) is 3.79 Å². The Labute approximate surface area is 174 Å². The number of benzene rings is 1. The smallest absolute Gasteiger partial charge is 0.305 e. The van der Waals surface area contributed by atoms with Gasteiger partial charge in [0.15, 0.2) is 5.78 Å². The van der Waals surface area contributed by atoms with E-state index < -0.39 is 39.4 Å². The Hall–Kier alpha value is 0.440. The van der Waals surface area contributed by atoms with Crippen LogP contribution in [0.15, 0.2) is 35.2 Å². The van der Waals surface area contributed by atoms with E-state index in [4.69, 9.17) is 55.6 Å². The Balaban J connectivity index is 3.51. The van der Waals surface area contributed by atoms with Crippen LogP contribution in [-0.4, -0.2) is 34.0 Å². The van der Waals surface area contributed by atoms with Crippen molar-refractivity contribution >= 4 is 64.2 Å². The van der Waals surface area contributed by atoms with Gasteiger partial charge in [0.25, 0.3) is 10.0 Å². The van der Waals surface area contributed by atoms with Crippen molar-refractivity contribution in [1.82, 2.24) is 3.82 Å². The van der Waals surface area contributed by atoms with E-state index in [2.05, 4.69) is 0 Å². The van der Waals surface area contributed by atoms with Crippen molar-refractivity contribution in [3.63, 3.8) is 0 Å². The second-order valence-electron chi connectivity index (χ2n) is 5.82. The predicted octanol–water partition coefficient (Wildman–Crippen LogP) is 5.57. The van der Waals surface area contributed by atoms with Crippen molar-refractivity contribution < 1.29 is 22.0 Å². The summed E-state index contributed by atoms with van der Waals surface area (Å²) < 4.78 is 47.6. The van der Waals surface area contributed by atoms with Gasteiger partial charge in [-0.2, -0.15) is 0 Å². The van der Waals surface area contributed by atoms with Gasteiger partial charge in [-0.3, -0.25) is 4.57 Å². The molecule has 0 spiro atoms. The number of halogens is 4. The van der Waals surface area contributed by atoms with Crippen molar-refractivity contribution in [1.29, 1.82) is 0 Å². The van der Waals surface area contributed by atoms with E-state index >= 15 is 0 Å². The zero-order valence-corrected chi connectivity index (χ0v) is 19.2. The molecule has 0 aliphatic carbocycles. The van der Waals surface area contributed by atoms with Gasteiger partial charge < -0.3 is 9.05 Å². The first kappa shape index (κ1) is 24.5. The van der Waals surface area contributed by atoms with Crippen LogP contribution in [0, 0.1) is 0 Å². The maximum Gasteiger partial charge on any atom is 0.355 e. The Bertz CT molecular complexity index is 725. The summed E-state index contributed by atoms with van der Waals surface area (Å²) in [6.07, 6.45) is -1.22. The Morgan fingerprint density at radius 2 is 1.42 bits per heavy atom. The maximum atomic E-state index is 13.4. The highest BCUT2D eigenvalue weighted by Crippen LogP contribution is 2.63. The van der Waals surface area contributed by atoms with E-state index in [9.17, 15) is 13.0 Å². The Morgan fingerprint density at radius 1 is 1.00 bits per heavy atom. The van der Waals surface area contributed by atoms with Gasteiger partial charge in [0.1, 0.15) is 0 Å². The molecule has 150 valence electrons. The van der Waals surface area contributed by atoms with E-state index in [0.717, 1.165) is 0 Å². The van der Waals surface area contributed by atoms with Crippen molar-refractivity contribution in [3.8, 4) is 0 Å². The third-order valence-electron chi connectivity index (χ3n) is 2.77. The first-order valence-corrected chi connectivity index (χ1v) is 12.0. The van der Waals surface area contributed by atoms with Crippen LogP contribution in [0.3, 0.4) is 0 Å². The first-order chi connectivity index (χ1) is 11.7. The summed E-state index contributed by atoms with van der Waals surface area (Å²) in [4.78, 5) is -0.171. The fraction of sp³-hybridized carbons (Fsp3) is 0.571. The largest absolute Gasteiger partial charge is 0.355 e. The quantitative estimate of drug-likeness (QED) is 0.273. The lowest BCUT2D eigenvalue weighted by Crippen LogP contribution is -2.43. The van der Waals surface area contributed by atoms with Gasteiger partial charge in [-0.25, -0.2) is 8.42 Å². The van der Waals surface area contributed by atoms with Crippen LogP contribution in [0.4, 0.5) is 0 Å². The number of sulfonamides is 1. The van der Waals surface area contributed by atoms with E-state index in [-0.39, 0.29) is 8.72 Å². The van der Waals surface area contributed by atoms with Crippen molar-refractivity contribution in [3.05, 3.63) is 30.3 Å². The minimum absolute atomic E-state index is 0.171. The number of nitrogens with zero attached hydrogens (tertiary/aromatic N) is 1. The van der Waals surface area contributed by atoms with Crippen molar-refractivity contribution in [2.45, 2.75) is 54.4 Å². The molecule has 0 bridgehead atoms. The molecule has 0 aromatic heterocycles. The van der Waals surface area contributed by atoms with Gasteiger partial charge in [-0.15, -0.1) is 0 Å². The van der Waals surface area contributed by atoms with Crippen LogP contribution >= 0.6 is 54.2 Å². The monoisotopic (exact) mass is 485 g/mol. The number of hydrogen-bond acceptors (Lipinski definition) is 5. The molecule has 1 atom stereocenters. The van der Waals surface area contributed by atoms with Crippen molar-refractivity contribution in [2.75, 3.05) is 0 Å². The molecule has 0 N–H and O–H groups in total. The number of alkyl halides is 3. The molecule has 26 heavy (non-hydrogen) atoms. The molecular formula is C14H20Cl4NO5PS. The lowest BCUT2D eigenvalue weighted by molar-refractivity contribution is 0.131. The van der Waals surface area contributed by atoms with Gasteiger partial charge in [-0.05, 0) is 51.6 Å². The van der Waals surface area contributed by atoms with Gasteiger partial charge >= 0.3 is 7.60 Å². The molecule has 0 saturated heterocycles. The van der Waals surface area contributed by atoms with Crippen LogP contribution in [0.5, 0.6) is 0 Å². The summed E-state index contributed by atoms with van der Waals surface area (Å²) in [5.41, 5.74) is 0. The highest BCUT2D eigenvalue weighted by molar-refractivity contribution is 7.90. The van der Waals surface area contributed by atoms with E-state index in [1.807, 2.05) is 0 Å². The molecule has 6 nitrogen and oxygen atoms in total. The lowest BCUT2D eigenvalue weighted by Gasteiger charge is -2.36. The summed E-state index contributed by atoms with van der Waals surface area (Å²) in [5.74, 6) is -1.92. The zero-order valence-electron chi connectivity index (χ0n) is 14.5. The fourth-order valence-electron chi connectivity index (χ4n) is 1.96. The molecule has 0 heterocycles.